The Morgan fingerprint density at radius 3 is 2.43 bits per heavy atom. The van der Waals surface area contributed by atoms with Crippen molar-refractivity contribution in [3.05, 3.63) is 35.1 Å². The van der Waals surface area contributed by atoms with Crippen LogP contribution in [0.15, 0.2) is 18.2 Å². The van der Waals surface area contributed by atoms with Gasteiger partial charge in [-0.15, -0.1) is 0 Å². The number of alkyl halides is 3. The van der Waals surface area contributed by atoms with Gasteiger partial charge in [0.15, 0.2) is 0 Å². The fourth-order valence-corrected chi connectivity index (χ4v) is 0.983. The molecule has 0 amide bonds. The number of hydrogen-bond acceptors (Lipinski definition) is 1. The molecule has 14 heavy (non-hydrogen) atoms. The summed E-state index contributed by atoms with van der Waals surface area (Å²) in [5.41, 5.74) is -1.26. The van der Waals surface area contributed by atoms with E-state index < -0.39 is 17.6 Å². The summed E-state index contributed by atoms with van der Waals surface area (Å²) in [7, 11) is 0. The summed E-state index contributed by atoms with van der Waals surface area (Å²) < 4.78 is 49.1. The average molecular weight is 205 g/mol. The predicted molar refractivity (Wildman–Crippen MR) is 40.8 cm³/mol. The second-order valence-electron chi connectivity index (χ2n) is 2.63. The molecule has 1 aromatic rings. The Morgan fingerprint density at radius 2 is 1.93 bits per heavy atom. The lowest BCUT2D eigenvalue weighted by molar-refractivity contribution is -0.140. The van der Waals surface area contributed by atoms with E-state index in [9.17, 15) is 22.4 Å². The van der Waals surface area contributed by atoms with Crippen LogP contribution < -0.4 is 0 Å². The summed E-state index contributed by atoms with van der Waals surface area (Å²) in [4.78, 5) is 9.92. The molecule has 1 aromatic carbocycles. The topological polar surface area (TPSA) is 17.1 Å². The molecule has 0 heterocycles. The smallest absolute Gasteiger partial charge is 0.291 e. The summed E-state index contributed by atoms with van der Waals surface area (Å²) >= 11 is 0. The average Bonchev–Trinajstić information content (AvgIpc) is 2.07. The molecular formula is C9H5F4O. The molecule has 0 N–H and O–H groups in total. The van der Waals surface area contributed by atoms with Crippen LogP contribution in [0.1, 0.15) is 11.1 Å². The van der Waals surface area contributed by atoms with Gasteiger partial charge in [-0.1, -0.05) is 6.07 Å². The molecule has 0 unspecified atom stereocenters. The molecule has 0 saturated carbocycles. The molecule has 1 nitrogen and oxygen atoms in total. The Labute approximate surface area is 77.3 Å². The first kappa shape index (κ1) is 10.7. The van der Waals surface area contributed by atoms with Gasteiger partial charge >= 0.3 is 6.18 Å². The number of halogens is 4. The highest BCUT2D eigenvalue weighted by Crippen LogP contribution is 2.31. The lowest BCUT2D eigenvalue weighted by Crippen LogP contribution is -2.08. The highest BCUT2D eigenvalue weighted by Gasteiger charge is 2.34. The van der Waals surface area contributed by atoms with Crippen molar-refractivity contribution in [3.8, 4) is 0 Å². The monoisotopic (exact) mass is 205 g/mol. The van der Waals surface area contributed by atoms with Gasteiger partial charge in [-0.05, 0) is 17.7 Å². The third-order valence-electron chi connectivity index (χ3n) is 1.61. The Balaban J connectivity index is 3.15. The number of rotatable bonds is 2. The summed E-state index contributed by atoms with van der Waals surface area (Å²) in [6.45, 7) is 0. The van der Waals surface area contributed by atoms with E-state index in [1.54, 1.807) is 0 Å². The van der Waals surface area contributed by atoms with Gasteiger partial charge in [0.1, 0.15) is 5.82 Å². The minimum absolute atomic E-state index is 0.0914. The largest absolute Gasteiger partial charge is 0.419 e. The zero-order chi connectivity index (χ0) is 10.8. The van der Waals surface area contributed by atoms with Crippen LogP contribution >= 0.6 is 0 Å². The van der Waals surface area contributed by atoms with Gasteiger partial charge in [0.05, 0.1) is 5.56 Å². The third kappa shape index (κ3) is 2.31. The van der Waals surface area contributed by atoms with Crippen LogP contribution in [-0.4, -0.2) is 6.29 Å². The molecule has 1 radical (unpaired) electrons. The van der Waals surface area contributed by atoms with Crippen LogP contribution in [0.5, 0.6) is 0 Å². The number of hydrogen-bond donors (Lipinski definition) is 0. The standard InChI is InChI=1S/C9H5F4O/c10-8-2-1-6(3-4-14)5-7(8)9(11,12)13/h1-2,5H,3H2. The molecule has 0 aliphatic carbocycles. The van der Waals surface area contributed by atoms with Gasteiger partial charge in [-0.2, -0.15) is 13.2 Å². The van der Waals surface area contributed by atoms with E-state index in [-0.39, 0.29) is 12.0 Å². The number of benzene rings is 1. The fourth-order valence-electron chi connectivity index (χ4n) is 0.983. The van der Waals surface area contributed by atoms with Crippen molar-refractivity contribution in [1.82, 2.24) is 0 Å². The van der Waals surface area contributed by atoms with Gasteiger partial charge in [0.2, 0.25) is 6.29 Å². The van der Waals surface area contributed by atoms with Crippen LogP contribution in [0.4, 0.5) is 17.6 Å². The van der Waals surface area contributed by atoms with Crippen LogP contribution in [-0.2, 0) is 17.4 Å². The first-order valence-electron chi connectivity index (χ1n) is 3.66. The molecule has 0 fully saturated rings. The lowest BCUT2D eigenvalue weighted by atomic mass is 10.1. The van der Waals surface area contributed by atoms with Gasteiger partial charge in [-0.3, -0.25) is 4.79 Å². The van der Waals surface area contributed by atoms with Gasteiger partial charge in [-0.25, -0.2) is 4.39 Å². The van der Waals surface area contributed by atoms with Gasteiger partial charge in [0, 0.05) is 6.42 Å². The van der Waals surface area contributed by atoms with E-state index in [1.807, 2.05) is 0 Å². The first-order valence-corrected chi connectivity index (χ1v) is 3.66. The maximum atomic E-state index is 12.7. The molecule has 75 valence electrons. The molecule has 0 bridgehead atoms. The Hall–Kier alpha value is -1.39. The molecule has 0 aliphatic heterocycles. The highest BCUT2D eigenvalue weighted by molar-refractivity contribution is 5.56. The van der Waals surface area contributed by atoms with E-state index >= 15 is 0 Å². The van der Waals surface area contributed by atoms with Crippen LogP contribution in [0.3, 0.4) is 0 Å². The summed E-state index contributed by atoms with van der Waals surface area (Å²) in [6, 6.07) is 2.42. The zero-order valence-corrected chi connectivity index (χ0v) is 6.86. The molecule has 0 atom stereocenters. The normalized spacial score (nSPS) is 11.4. The van der Waals surface area contributed by atoms with Crippen molar-refractivity contribution in [1.29, 1.82) is 0 Å². The van der Waals surface area contributed by atoms with Crippen molar-refractivity contribution in [2.24, 2.45) is 0 Å². The van der Waals surface area contributed by atoms with Crippen molar-refractivity contribution < 1.29 is 22.4 Å². The Kier molecular flexibility index (Phi) is 2.88. The van der Waals surface area contributed by atoms with E-state index in [0.29, 0.717) is 12.1 Å². The van der Waals surface area contributed by atoms with Crippen LogP contribution in [0.2, 0.25) is 0 Å². The first-order chi connectivity index (χ1) is 6.45. The summed E-state index contributed by atoms with van der Waals surface area (Å²) in [6.07, 6.45) is -3.57. The second kappa shape index (κ2) is 3.77. The Morgan fingerprint density at radius 1 is 1.29 bits per heavy atom. The quantitative estimate of drug-likeness (QED) is 0.678. The zero-order valence-electron chi connectivity index (χ0n) is 6.86. The second-order valence-corrected chi connectivity index (χ2v) is 2.63. The molecular weight excluding hydrogens is 200 g/mol. The molecule has 0 aromatic heterocycles. The SMILES string of the molecule is O=[C]Cc1ccc(F)c(C(F)(F)F)c1. The van der Waals surface area contributed by atoms with E-state index in [0.717, 1.165) is 6.07 Å². The summed E-state index contributed by atoms with van der Waals surface area (Å²) in [5.74, 6) is -1.34. The van der Waals surface area contributed by atoms with E-state index in [4.69, 9.17) is 0 Å². The lowest BCUT2D eigenvalue weighted by Gasteiger charge is -2.08. The molecule has 0 aliphatic rings. The molecule has 1 rings (SSSR count). The predicted octanol–water partition coefficient (Wildman–Crippen LogP) is 2.50. The van der Waals surface area contributed by atoms with Gasteiger partial charge < -0.3 is 0 Å². The van der Waals surface area contributed by atoms with Crippen molar-refractivity contribution in [2.75, 3.05) is 0 Å². The number of carbonyl (C=O) groups excluding carboxylic acids is 1. The minimum Gasteiger partial charge on any atom is -0.291 e. The Bertz CT molecular complexity index is 343. The molecule has 0 spiro atoms. The maximum Gasteiger partial charge on any atom is 0.419 e. The van der Waals surface area contributed by atoms with E-state index in [2.05, 4.69) is 0 Å². The van der Waals surface area contributed by atoms with E-state index in [1.165, 1.54) is 6.29 Å². The highest BCUT2D eigenvalue weighted by atomic mass is 19.4. The van der Waals surface area contributed by atoms with Crippen molar-refractivity contribution in [3.63, 3.8) is 0 Å². The van der Waals surface area contributed by atoms with Gasteiger partial charge in [0.25, 0.3) is 0 Å². The van der Waals surface area contributed by atoms with Crippen molar-refractivity contribution in [2.45, 2.75) is 12.6 Å². The van der Waals surface area contributed by atoms with Crippen LogP contribution in [0, 0.1) is 5.82 Å². The molecule has 0 saturated heterocycles. The van der Waals surface area contributed by atoms with Crippen molar-refractivity contribution >= 4 is 6.29 Å². The fraction of sp³-hybridized carbons (Fsp3) is 0.222. The third-order valence-corrected chi connectivity index (χ3v) is 1.61. The molecule has 5 heteroatoms. The maximum absolute atomic E-state index is 12.7. The summed E-state index contributed by atoms with van der Waals surface area (Å²) in [5, 5.41) is 0. The minimum atomic E-state index is -4.73. The van der Waals surface area contributed by atoms with Crippen LogP contribution in [0.25, 0.3) is 0 Å².